The molecule has 1 N–H and O–H groups in total. The van der Waals surface area contributed by atoms with E-state index >= 15 is 0 Å². The van der Waals surface area contributed by atoms with Gasteiger partial charge in [-0.3, -0.25) is 14.5 Å². The van der Waals surface area contributed by atoms with E-state index in [4.69, 9.17) is 11.6 Å². The molecule has 1 saturated heterocycles. The van der Waals surface area contributed by atoms with Gasteiger partial charge in [-0.25, -0.2) is 0 Å². The van der Waals surface area contributed by atoms with Gasteiger partial charge in [0.25, 0.3) is 5.91 Å². The summed E-state index contributed by atoms with van der Waals surface area (Å²) in [5.74, 6) is -0.689. The van der Waals surface area contributed by atoms with Crippen LogP contribution in [0.1, 0.15) is 16.7 Å². The first-order chi connectivity index (χ1) is 16.5. The summed E-state index contributed by atoms with van der Waals surface area (Å²) in [4.78, 5) is 28.0. The van der Waals surface area contributed by atoms with Gasteiger partial charge in [0.05, 0.1) is 5.25 Å². The molecule has 5 nitrogen and oxygen atoms in total. The molecule has 3 aromatic rings. The molecule has 0 unspecified atom stereocenters. The molecule has 2 amide bonds. The quantitative estimate of drug-likeness (QED) is 0.373. The van der Waals surface area contributed by atoms with Gasteiger partial charge in [0, 0.05) is 17.3 Å². The van der Waals surface area contributed by atoms with Crippen molar-refractivity contribution in [1.82, 2.24) is 5.32 Å². The Morgan fingerprint density at radius 3 is 2.41 bits per heavy atom. The monoisotopic (exact) mass is 487 g/mol. The van der Waals surface area contributed by atoms with Crippen LogP contribution in [0.3, 0.4) is 0 Å². The Kier molecular flexibility index (Phi) is 7.36. The second-order valence-electron chi connectivity index (χ2n) is 7.85. The van der Waals surface area contributed by atoms with Crippen LogP contribution in [0.25, 0.3) is 0 Å². The second-order valence-corrected chi connectivity index (χ2v) is 9.48. The third-order valence-electron chi connectivity index (χ3n) is 5.55. The zero-order chi connectivity index (χ0) is 24.1. The fourth-order valence-electron chi connectivity index (χ4n) is 3.72. The average molecular weight is 488 g/mol. The van der Waals surface area contributed by atoms with Crippen molar-refractivity contribution in [2.24, 2.45) is 0 Å². The number of nitrogens with one attached hydrogen (secondary N) is 1. The Bertz CT molecular complexity index is 1280. The van der Waals surface area contributed by atoms with Crippen molar-refractivity contribution in [3.63, 3.8) is 0 Å². The standard InChI is InChI=1S/C27H22ClN3O2S/c1-18-7-5-6-10-20(18)15-24-26(33)31(22-13-11-21(28)12-14-22)27(34-24)23(16-29)25(32)30-17-19-8-3-2-4-9-19/h2-14,24H,15,17H2,1H3,(H,30,32)/b27-23-/t24-/m1/s1. The van der Waals surface area contributed by atoms with Crippen LogP contribution in [0.2, 0.25) is 5.02 Å². The Balaban J connectivity index is 1.68. The van der Waals surface area contributed by atoms with Crippen LogP contribution in [0.4, 0.5) is 5.69 Å². The molecule has 0 saturated carbocycles. The molecule has 1 heterocycles. The number of amides is 2. The predicted molar refractivity (Wildman–Crippen MR) is 136 cm³/mol. The molecule has 34 heavy (non-hydrogen) atoms. The fraction of sp³-hybridized carbons (Fsp3) is 0.148. The molecular weight excluding hydrogens is 466 g/mol. The van der Waals surface area contributed by atoms with E-state index in [1.165, 1.54) is 16.7 Å². The lowest BCUT2D eigenvalue weighted by atomic mass is 10.0. The van der Waals surface area contributed by atoms with Gasteiger partial charge < -0.3 is 5.32 Å². The number of hydrogen-bond donors (Lipinski definition) is 1. The molecule has 4 rings (SSSR count). The highest BCUT2D eigenvalue weighted by molar-refractivity contribution is 8.05. The van der Waals surface area contributed by atoms with Crippen molar-refractivity contribution in [2.75, 3.05) is 4.90 Å². The number of thioether (sulfide) groups is 1. The van der Waals surface area contributed by atoms with E-state index in [0.29, 0.717) is 22.2 Å². The van der Waals surface area contributed by atoms with Crippen molar-refractivity contribution in [3.05, 3.63) is 111 Å². The van der Waals surface area contributed by atoms with Gasteiger partial charge in [-0.2, -0.15) is 5.26 Å². The summed E-state index contributed by atoms with van der Waals surface area (Å²) in [6.07, 6.45) is 0.494. The number of halogens is 1. The fourth-order valence-corrected chi connectivity index (χ4v) is 5.14. The van der Waals surface area contributed by atoms with Gasteiger partial charge in [-0.15, -0.1) is 0 Å². The van der Waals surface area contributed by atoms with E-state index < -0.39 is 11.2 Å². The highest BCUT2D eigenvalue weighted by Crippen LogP contribution is 2.42. The third-order valence-corrected chi connectivity index (χ3v) is 7.07. The van der Waals surface area contributed by atoms with Gasteiger partial charge in [-0.1, -0.05) is 78.0 Å². The lowest BCUT2D eigenvalue weighted by molar-refractivity contribution is -0.117. The summed E-state index contributed by atoms with van der Waals surface area (Å²) >= 11 is 7.30. The summed E-state index contributed by atoms with van der Waals surface area (Å²) in [6.45, 7) is 2.29. The van der Waals surface area contributed by atoms with Crippen LogP contribution < -0.4 is 10.2 Å². The van der Waals surface area contributed by atoms with Crippen LogP contribution in [-0.4, -0.2) is 17.1 Å². The maximum absolute atomic E-state index is 13.5. The summed E-state index contributed by atoms with van der Waals surface area (Å²) in [5.41, 5.74) is 3.54. The Labute approximate surface area is 208 Å². The maximum atomic E-state index is 13.5. The van der Waals surface area contributed by atoms with Crippen LogP contribution in [0.15, 0.2) is 89.5 Å². The number of carbonyl (C=O) groups is 2. The van der Waals surface area contributed by atoms with E-state index in [9.17, 15) is 14.9 Å². The Hall–Kier alpha value is -3.53. The number of nitriles is 1. The number of rotatable bonds is 6. The minimum atomic E-state index is -0.517. The molecule has 1 fully saturated rings. The largest absolute Gasteiger partial charge is 0.347 e. The normalized spacial score (nSPS) is 16.8. The van der Waals surface area contributed by atoms with Crippen LogP contribution in [0, 0.1) is 18.3 Å². The molecule has 0 spiro atoms. The van der Waals surface area contributed by atoms with Crippen molar-refractivity contribution in [2.45, 2.75) is 25.1 Å². The summed E-state index contributed by atoms with van der Waals surface area (Å²) in [6, 6.07) is 26.2. The number of nitrogens with zero attached hydrogens (tertiary/aromatic N) is 2. The van der Waals surface area contributed by atoms with E-state index in [-0.39, 0.29) is 18.0 Å². The minimum absolute atomic E-state index is 0.0866. The molecule has 7 heteroatoms. The SMILES string of the molecule is Cc1ccccc1C[C@H]1S/C(=C(/C#N)C(=O)NCc2ccccc2)N(c2ccc(Cl)cc2)C1=O. The van der Waals surface area contributed by atoms with Crippen molar-refractivity contribution in [1.29, 1.82) is 5.26 Å². The van der Waals surface area contributed by atoms with Crippen molar-refractivity contribution in [3.8, 4) is 6.07 Å². The lowest BCUT2D eigenvalue weighted by Gasteiger charge is -2.19. The second kappa shape index (κ2) is 10.6. The number of hydrogen-bond acceptors (Lipinski definition) is 4. The maximum Gasteiger partial charge on any atom is 0.264 e. The molecule has 0 aromatic heterocycles. The summed E-state index contributed by atoms with van der Waals surface area (Å²) in [7, 11) is 0. The first kappa shape index (κ1) is 23.6. The van der Waals surface area contributed by atoms with Gasteiger partial charge in [-0.05, 0) is 54.3 Å². The van der Waals surface area contributed by atoms with Crippen LogP contribution >= 0.6 is 23.4 Å². The molecule has 0 bridgehead atoms. The molecule has 3 aromatic carbocycles. The summed E-state index contributed by atoms with van der Waals surface area (Å²) in [5, 5.41) is 13.1. The Morgan fingerprint density at radius 1 is 1.06 bits per heavy atom. The first-order valence-corrected chi connectivity index (χ1v) is 12.0. The molecule has 1 atom stereocenters. The van der Waals surface area contributed by atoms with Gasteiger partial charge in [0.15, 0.2) is 0 Å². The van der Waals surface area contributed by atoms with Crippen LogP contribution in [0.5, 0.6) is 0 Å². The van der Waals surface area contributed by atoms with Crippen molar-refractivity contribution >= 4 is 40.9 Å². The topological polar surface area (TPSA) is 73.2 Å². The molecule has 0 radical (unpaired) electrons. The molecule has 1 aliphatic heterocycles. The number of carbonyl (C=O) groups excluding carboxylic acids is 2. The first-order valence-electron chi connectivity index (χ1n) is 10.7. The number of anilines is 1. The minimum Gasteiger partial charge on any atom is -0.347 e. The van der Waals surface area contributed by atoms with E-state index in [0.717, 1.165) is 16.7 Å². The molecular formula is C27H22ClN3O2S. The highest BCUT2D eigenvalue weighted by atomic mass is 35.5. The molecule has 1 aliphatic rings. The van der Waals surface area contributed by atoms with E-state index in [2.05, 4.69) is 5.32 Å². The highest BCUT2D eigenvalue weighted by Gasteiger charge is 2.40. The molecule has 170 valence electrons. The zero-order valence-electron chi connectivity index (χ0n) is 18.5. The zero-order valence-corrected chi connectivity index (χ0v) is 20.1. The average Bonchev–Trinajstić information content (AvgIpc) is 3.16. The van der Waals surface area contributed by atoms with E-state index in [1.54, 1.807) is 24.3 Å². The van der Waals surface area contributed by atoms with E-state index in [1.807, 2.05) is 67.6 Å². The number of benzene rings is 3. The van der Waals surface area contributed by atoms with Crippen LogP contribution in [-0.2, 0) is 22.6 Å². The third kappa shape index (κ3) is 5.17. The van der Waals surface area contributed by atoms with Gasteiger partial charge in [0.1, 0.15) is 16.7 Å². The smallest absolute Gasteiger partial charge is 0.264 e. The predicted octanol–water partition coefficient (Wildman–Crippen LogP) is 5.39. The summed E-state index contributed by atoms with van der Waals surface area (Å²) < 4.78 is 0. The van der Waals surface area contributed by atoms with Gasteiger partial charge in [0.2, 0.25) is 5.91 Å². The van der Waals surface area contributed by atoms with Gasteiger partial charge >= 0.3 is 0 Å². The van der Waals surface area contributed by atoms with Crippen molar-refractivity contribution < 1.29 is 9.59 Å². The number of aryl methyl sites for hydroxylation is 1. The Morgan fingerprint density at radius 2 is 1.74 bits per heavy atom. The molecule has 0 aliphatic carbocycles. The lowest BCUT2D eigenvalue weighted by Crippen LogP contribution is -2.32.